The van der Waals surface area contributed by atoms with Crippen LogP contribution >= 0.6 is 0 Å². The molecule has 0 unspecified atom stereocenters. The number of hydrogen-bond donors (Lipinski definition) is 1. The number of nitrogens with two attached hydrogens (primary N) is 1. The fraction of sp³-hybridized carbons (Fsp3) is 0.136. The average molecular weight is 326 g/mol. The molecule has 1 aromatic heterocycles. The molecule has 0 aliphatic heterocycles. The fourth-order valence-corrected chi connectivity index (χ4v) is 4.04. The van der Waals surface area contributed by atoms with Crippen molar-refractivity contribution in [2.45, 2.75) is 18.4 Å². The Bertz CT molecular complexity index is 1130. The van der Waals surface area contributed by atoms with E-state index >= 15 is 0 Å². The summed E-state index contributed by atoms with van der Waals surface area (Å²) in [5.74, 6) is -0.385. The normalized spacial score (nSPS) is 15.5. The molecular weight excluding hydrogens is 308 g/mol. The lowest BCUT2D eigenvalue weighted by atomic mass is 9.96. The van der Waals surface area contributed by atoms with Crippen molar-refractivity contribution in [1.82, 2.24) is 4.57 Å². The number of hydrogen-bond acceptors (Lipinski definition) is 1. The monoisotopic (exact) mass is 326 g/mol. The zero-order valence-electron chi connectivity index (χ0n) is 13.8. The molecule has 122 valence electrons. The van der Waals surface area contributed by atoms with E-state index in [1.165, 1.54) is 16.3 Å². The summed E-state index contributed by atoms with van der Waals surface area (Å²) in [5, 5.41) is 3.70. The van der Waals surface area contributed by atoms with Gasteiger partial charge in [-0.3, -0.25) is 4.79 Å². The number of amides is 1. The summed E-state index contributed by atoms with van der Waals surface area (Å²) in [5.41, 5.74) is 8.44. The van der Waals surface area contributed by atoms with E-state index in [2.05, 4.69) is 59.3 Å². The molecule has 2 N–H and O–H groups in total. The van der Waals surface area contributed by atoms with Crippen LogP contribution in [-0.4, -0.2) is 10.5 Å². The summed E-state index contributed by atoms with van der Waals surface area (Å²) in [6.45, 7) is 0. The molecule has 0 bridgehead atoms. The van der Waals surface area contributed by atoms with Crippen LogP contribution < -0.4 is 5.73 Å². The Hall–Kier alpha value is -3.07. The molecule has 3 heteroatoms. The molecule has 1 fully saturated rings. The number of primary amides is 1. The molecule has 25 heavy (non-hydrogen) atoms. The van der Waals surface area contributed by atoms with Gasteiger partial charge in [0.05, 0.1) is 5.54 Å². The third-order valence-electron chi connectivity index (χ3n) is 5.45. The molecule has 0 radical (unpaired) electrons. The minimum absolute atomic E-state index is 0.0289. The summed E-state index contributed by atoms with van der Waals surface area (Å²) in [4.78, 5) is 11.6. The molecule has 0 spiro atoms. The van der Waals surface area contributed by atoms with Crippen LogP contribution in [0.25, 0.3) is 21.7 Å². The molecule has 1 aliphatic rings. The van der Waals surface area contributed by atoms with Gasteiger partial charge in [-0.25, -0.2) is 0 Å². The van der Waals surface area contributed by atoms with Gasteiger partial charge in [0.15, 0.2) is 0 Å². The first-order valence-corrected chi connectivity index (χ1v) is 8.59. The van der Waals surface area contributed by atoms with Crippen molar-refractivity contribution in [1.29, 1.82) is 0 Å². The van der Waals surface area contributed by atoms with E-state index in [-0.39, 0.29) is 11.4 Å². The van der Waals surface area contributed by atoms with Gasteiger partial charge in [0, 0.05) is 17.3 Å². The van der Waals surface area contributed by atoms with Crippen LogP contribution in [0.1, 0.15) is 28.8 Å². The van der Waals surface area contributed by atoms with E-state index in [1.807, 2.05) is 12.1 Å². The quantitative estimate of drug-likeness (QED) is 0.595. The first kappa shape index (κ1) is 14.3. The SMILES string of the molecule is NC(=O)c1ccc2ccn(C3(c4cccc5ccccc45)CC3)c2c1. The van der Waals surface area contributed by atoms with Crippen molar-refractivity contribution in [3.8, 4) is 0 Å². The fourth-order valence-electron chi connectivity index (χ4n) is 4.04. The largest absolute Gasteiger partial charge is 0.366 e. The van der Waals surface area contributed by atoms with Gasteiger partial charge in [0.25, 0.3) is 0 Å². The van der Waals surface area contributed by atoms with Gasteiger partial charge >= 0.3 is 0 Å². The standard InChI is InChI=1S/C22H18N2O/c23-21(25)17-9-8-16-10-13-24(20(16)14-17)22(11-12-22)19-7-3-5-15-4-1-2-6-18(15)19/h1-10,13-14H,11-12H2,(H2,23,25). The van der Waals surface area contributed by atoms with Crippen LogP contribution in [0.2, 0.25) is 0 Å². The van der Waals surface area contributed by atoms with E-state index in [9.17, 15) is 4.79 Å². The van der Waals surface area contributed by atoms with Gasteiger partial charge in [0.1, 0.15) is 0 Å². The number of carbonyl (C=O) groups is 1. The highest BCUT2D eigenvalue weighted by Gasteiger charge is 2.47. The molecule has 1 aliphatic carbocycles. The molecule has 0 atom stereocenters. The number of aromatic nitrogens is 1. The smallest absolute Gasteiger partial charge is 0.248 e. The Kier molecular flexibility index (Phi) is 2.84. The maximum absolute atomic E-state index is 11.6. The highest BCUT2D eigenvalue weighted by atomic mass is 16.1. The summed E-state index contributed by atoms with van der Waals surface area (Å²) in [7, 11) is 0. The molecule has 1 heterocycles. The molecule has 0 saturated heterocycles. The van der Waals surface area contributed by atoms with Crippen molar-refractivity contribution >= 4 is 27.6 Å². The molecule has 3 aromatic carbocycles. The molecule has 1 saturated carbocycles. The summed E-state index contributed by atoms with van der Waals surface area (Å²) >= 11 is 0. The van der Waals surface area contributed by atoms with Crippen LogP contribution in [0.3, 0.4) is 0 Å². The van der Waals surface area contributed by atoms with Crippen molar-refractivity contribution in [3.63, 3.8) is 0 Å². The summed E-state index contributed by atoms with van der Waals surface area (Å²) in [6, 6.07) is 22.9. The Morgan fingerprint density at radius 1 is 0.920 bits per heavy atom. The van der Waals surface area contributed by atoms with E-state index in [0.717, 1.165) is 23.7 Å². The van der Waals surface area contributed by atoms with E-state index in [0.29, 0.717) is 5.56 Å². The number of carbonyl (C=O) groups excluding carboxylic acids is 1. The van der Waals surface area contributed by atoms with Crippen LogP contribution in [-0.2, 0) is 5.54 Å². The molecule has 4 aromatic rings. The Morgan fingerprint density at radius 3 is 2.52 bits per heavy atom. The van der Waals surface area contributed by atoms with Crippen LogP contribution in [0.5, 0.6) is 0 Å². The first-order valence-electron chi connectivity index (χ1n) is 8.59. The highest BCUT2D eigenvalue weighted by molar-refractivity contribution is 5.97. The first-order chi connectivity index (χ1) is 12.2. The zero-order chi connectivity index (χ0) is 17.0. The van der Waals surface area contributed by atoms with Crippen LogP contribution in [0, 0.1) is 0 Å². The maximum Gasteiger partial charge on any atom is 0.248 e. The second-order valence-electron chi connectivity index (χ2n) is 6.88. The molecule has 5 rings (SSSR count). The molecule has 3 nitrogen and oxygen atoms in total. The number of benzene rings is 3. The lowest BCUT2D eigenvalue weighted by Gasteiger charge is -2.22. The van der Waals surface area contributed by atoms with Crippen molar-refractivity contribution in [3.05, 3.63) is 84.1 Å². The second-order valence-corrected chi connectivity index (χ2v) is 6.88. The van der Waals surface area contributed by atoms with Gasteiger partial charge in [-0.05, 0) is 52.8 Å². The predicted molar refractivity (Wildman–Crippen MR) is 101 cm³/mol. The third kappa shape index (κ3) is 2.02. The Balaban J connectivity index is 1.76. The maximum atomic E-state index is 11.6. The van der Waals surface area contributed by atoms with Gasteiger partial charge in [-0.15, -0.1) is 0 Å². The molecular formula is C22H18N2O. The van der Waals surface area contributed by atoms with Gasteiger partial charge in [-0.1, -0.05) is 48.5 Å². The number of nitrogens with zero attached hydrogens (tertiary/aromatic N) is 1. The number of fused-ring (bicyclic) bond motifs is 2. The lowest BCUT2D eigenvalue weighted by molar-refractivity contribution is 0.100. The summed E-state index contributed by atoms with van der Waals surface area (Å²) in [6.07, 6.45) is 4.35. The van der Waals surface area contributed by atoms with E-state index in [4.69, 9.17) is 5.73 Å². The van der Waals surface area contributed by atoms with Crippen LogP contribution in [0.15, 0.2) is 72.9 Å². The van der Waals surface area contributed by atoms with Crippen molar-refractivity contribution in [2.75, 3.05) is 0 Å². The highest BCUT2D eigenvalue weighted by Crippen LogP contribution is 2.52. The van der Waals surface area contributed by atoms with E-state index < -0.39 is 0 Å². The zero-order valence-corrected chi connectivity index (χ0v) is 13.8. The predicted octanol–water partition coefficient (Wildman–Crippen LogP) is 4.43. The Morgan fingerprint density at radius 2 is 1.72 bits per heavy atom. The van der Waals surface area contributed by atoms with Crippen molar-refractivity contribution < 1.29 is 4.79 Å². The Labute approximate surface area is 145 Å². The summed E-state index contributed by atoms with van der Waals surface area (Å²) < 4.78 is 2.33. The lowest BCUT2D eigenvalue weighted by Crippen LogP contribution is -2.18. The third-order valence-corrected chi connectivity index (χ3v) is 5.45. The van der Waals surface area contributed by atoms with Crippen LogP contribution in [0.4, 0.5) is 0 Å². The number of rotatable bonds is 3. The van der Waals surface area contributed by atoms with Crippen molar-refractivity contribution in [2.24, 2.45) is 5.73 Å². The van der Waals surface area contributed by atoms with Gasteiger partial charge < -0.3 is 10.3 Å². The minimum atomic E-state index is -0.385. The average Bonchev–Trinajstić information content (AvgIpc) is 3.33. The minimum Gasteiger partial charge on any atom is -0.366 e. The second kappa shape index (κ2) is 4.96. The van der Waals surface area contributed by atoms with Gasteiger partial charge in [-0.2, -0.15) is 0 Å². The topological polar surface area (TPSA) is 48.0 Å². The van der Waals surface area contributed by atoms with Gasteiger partial charge in [0.2, 0.25) is 5.91 Å². The van der Waals surface area contributed by atoms with E-state index in [1.54, 1.807) is 6.07 Å². The molecule has 1 amide bonds.